The summed E-state index contributed by atoms with van der Waals surface area (Å²) in [5.41, 5.74) is 2.16. The van der Waals surface area contributed by atoms with Gasteiger partial charge >= 0.3 is 0 Å². The molecule has 0 aromatic heterocycles. The van der Waals surface area contributed by atoms with Gasteiger partial charge in [-0.1, -0.05) is 30.3 Å². The highest BCUT2D eigenvalue weighted by molar-refractivity contribution is 5.32. The molecule has 0 unspecified atom stereocenters. The molecule has 0 aliphatic heterocycles. The predicted molar refractivity (Wildman–Crippen MR) is 71.4 cm³/mol. The maximum atomic E-state index is 12.9. The molecule has 0 N–H and O–H groups in total. The molecule has 2 heteroatoms. The fourth-order valence-corrected chi connectivity index (χ4v) is 1.88. The molecule has 0 atom stereocenters. The standard InChI is InChI=1S/C16H17FO/c1-13-12-15(17)9-10-16(13)18-11-5-8-14-6-3-2-4-7-14/h2-4,6-7,9-10,12H,5,8,11H2,1H3. The Labute approximate surface area is 107 Å². The smallest absolute Gasteiger partial charge is 0.123 e. The van der Waals surface area contributed by atoms with Crippen molar-refractivity contribution < 1.29 is 9.13 Å². The molecule has 0 saturated heterocycles. The lowest BCUT2D eigenvalue weighted by molar-refractivity contribution is 0.308. The zero-order chi connectivity index (χ0) is 12.8. The van der Waals surface area contributed by atoms with Crippen LogP contribution in [-0.4, -0.2) is 6.61 Å². The van der Waals surface area contributed by atoms with Crippen LogP contribution in [0.1, 0.15) is 17.5 Å². The first-order valence-corrected chi connectivity index (χ1v) is 6.18. The highest BCUT2D eigenvalue weighted by atomic mass is 19.1. The second kappa shape index (κ2) is 6.20. The number of ether oxygens (including phenoxy) is 1. The van der Waals surface area contributed by atoms with Crippen LogP contribution in [0.25, 0.3) is 0 Å². The molecule has 0 aliphatic carbocycles. The van der Waals surface area contributed by atoms with Crippen LogP contribution in [0.4, 0.5) is 4.39 Å². The number of rotatable bonds is 5. The van der Waals surface area contributed by atoms with Gasteiger partial charge in [0, 0.05) is 0 Å². The molecular weight excluding hydrogens is 227 g/mol. The largest absolute Gasteiger partial charge is 0.493 e. The van der Waals surface area contributed by atoms with Crippen molar-refractivity contribution in [1.82, 2.24) is 0 Å². The van der Waals surface area contributed by atoms with Gasteiger partial charge in [0.1, 0.15) is 11.6 Å². The van der Waals surface area contributed by atoms with Gasteiger partial charge in [0.15, 0.2) is 0 Å². The molecule has 0 aliphatic rings. The van der Waals surface area contributed by atoms with E-state index in [1.165, 1.54) is 17.7 Å². The third kappa shape index (κ3) is 3.59. The predicted octanol–water partition coefficient (Wildman–Crippen LogP) is 4.15. The first kappa shape index (κ1) is 12.6. The first-order valence-electron chi connectivity index (χ1n) is 6.18. The molecule has 94 valence electrons. The van der Waals surface area contributed by atoms with Gasteiger partial charge in [0.25, 0.3) is 0 Å². The molecule has 18 heavy (non-hydrogen) atoms. The van der Waals surface area contributed by atoms with E-state index in [0.717, 1.165) is 24.2 Å². The van der Waals surface area contributed by atoms with Gasteiger partial charge in [-0.2, -0.15) is 0 Å². The Hall–Kier alpha value is -1.83. The number of benzene rings is 2. The summed E-state index contributed by atoms with van der Waals surface area (Å²) in [4.78, 5) is 0. The maximum Gasteiger partial charge on any atom is 0.123 e. The van der Waals surface area contributed by atoms with Crippen LogP contribution >= 0.6 is 0 Å². The SMILES string of the molecule is Cc1cc(F)ccc1OCCCc1ccccc1. The van der Waals surface area contributed by atoms with E-state index in [-0.39, 0.29) is 5.82 Å². The van der Waals surface area contributed by atoms with Crippen molar-refractivity contribution in [3.63, 3.8) is 0 Å². The Morgan fingerprint density at radius 1 is 1.06 bits per heavy atom. The van der Waals surface area contributed by atoms with E-state index in [9.17, 15) is 4.39 Å². The van der Waals surface area contributed by atoms with Gasteiger partial charge in [0.2, 0.25) is 0 Å². The number of halogens is 1. The topological polar surface area (TPSA) is 9.23 Å². The lowest BCUT2D eigenvalue weighted by Crippen LogP contribution is -2.00. The Kier molecular flexibility index (Phi) is 4.35. The van der Waals surface area contributed by atoms with E-state index in [1.807, 2.05) is 25.1 Å². The molecule has 2 aromatic rings. The first-order chi connectivity index (χ1) is 8.75. The number of hydrogen-bond donors (Lipinski definition) is 0. The quantitative estimate of drug-likeness (QED) is 0.718. The van der Waals surface area contributed by atoms with Crippen molar-refractivity contribution in [2.75, 3.05) is 6.61 Å². The van der Waals surface area contributed by atoms with E-state index in [4.69, 9.17) is 4.74 Å². The lowest BCUT2D eigenvalue weighted by Gasteiger charge is -2.09. The van der Waals surface area contributed by atoms with E-state index in [2.05, 4.69) is 12.1 Å². The summed E-state index contributed by atoms with van der Waals surface area (Å²) < 4.78 is 18.5. The van der Waals surface area contributed by atoms with Crippen molar-refractivity contribution >= 4 is 0 Å². The zero-order valence-corrected chi connectivity index (χ0v) is 10.5. The van der Waals surface area contributed by atoms with Crippen molar-refractivity contribution in [2.24, 2.45) is 0 Å². The minimum absolute atomic E-state index is 0.218. The van der Waals surface area contributed by atoms with E-state index >= 15 is 0 Å². The minimum Gasteiger partial charge on any atom is -0.493 e. The van der Waals surface area contributed by atoms with Gasteiger partial charge in [-0.05, 0) is 49.1 Å². The van der Waals surface area contributed by atoms with Crippen molar-refractivity contribution in [3.05, 3.63) is 65.5 Å². The van der Waals surface area contributed by atoms with E-state index in [1.54, 1.807) is 6.07 Å². The second-order valence-electron chi connectivity index (χ2n) is 4.35. The van der Waals surface area contributed by atoms with Crippen LogP contribution < -0.4 is 4.74 Å². The third-order valence-electron chi connectivity index (χ3n) is 2.85. The van der Waals surface area contributed by atoms with Crippen LogP contribution in [0.5, 0.6) is 5.75 Å². The maximum absolute atomic E-state index is 12.9. The summed E-state index contributed by atoms with van der Waals surface area (Å²) in [6.45, 7) is 2.51. The zero-order valence-electron chi connectivity index (χ0n) is 10.5. The molecule has 2 rings (SSSR count). The minimum atomic E-state index is -0.218. The Balaban J connectivity index is 1.79. The Morgan fingerprint density at radius 3 is 2.56 bits per heavy atom. The van der Waals surface area contributed by atoms with Crippen molar-refractivity contribution in [3.8, 4) is 5.75 Å². The molecule has 0 amide bonds. The third-order valence-corrected chi connectivity index (χ3v) is 2.85. The normalized spacial score (nSPS) is 10.3. The summed E-state index contributed by atoms with van der Waals surface area (Å²) in [6, 6.07) is 14.9. The van der Waals surface area contributed by atoms with Gasteiger partial charge in [-0.25, -0.2) is 4.39 Å². The molecule has 0 spiro atoms. The molecule has 0 radical (unpaired) electrons. The summed E-state index contributed by atoms with van der Waals surface area (Å²) in [6.07, 6.45) is 1.96. The Bertz CT molecular complexity index is 494. The Morgan fingerprint density at radius 2 is 1.83 bits per heavy atom. The fourth-order valence-electron chi connectivity index (χ4n) is 1.88. The van der Waals surface area contributed by atoms with E-state index < -0.39 is 0 Å². The molecule has 0 heterocycles. The second-order valence-corrected chi connectivity index (χ2v) is 4.35. The molecule has 0 saturated carbocycles. The van der Waals surface area contributed by atoms with Crippen molar-refractivity contribution in [2.45, 2.75) is 19.8 Å². The average molecular weight is 244 g/mol. The van der Waals surface area contributed by atoms with E-state index in [0.29, 0.717) is 6.61 Å². The van der Waals surface area contributed by atoms with Gasteiger partial charge in [-0.3, -0.25) is 0 Å². The molecule has 0 bridgehead atoms. The van der Waals surface area contributed by atoms with Crippen LogP contribution in [-0.2, 0) is 6.42 Å². The lowest BCUT2D eigenvalue weighted by atomic mass is 10.1. The summed E-state index contributed by atoms with van der Waals surface area (Å²) in [5, 5.41) is 0. The van der Waals surface area contributed by atoms with Gasteiger partial charge in [-0.15, -0.1) is 0 Å². The summed E-state index contributed by atoms with van der Waals surface area (Å²) >= 11 is 0. The van der Waals surface area contributed by atoms with Crippen molar-refractivity contribution in [1.29, 1.82) is 0 Å². The highest BCUT2D eigenvalue weighted by Gasteiger charge is 2.00. The van der Waals surface area contributed by atoms with Gasteiger partial charge < -0.3 is 4.74 Å². The molecule has 2 aromatic carbocycles. The van der Waals surface area contributed by atoms with Crippen LogP contribution in [0.15, 0.2) is 48.5 Å². The highest BCUT2D eigenvalue weighted by Crippen LogP contribution is 2.18. The number of aryl methyl sites for hydroxylation is 2. The fraction of sp³-hybridized carbons (Fsp3) is 0.250. The summed E-state index contributed by atoms with van der Waals surface area (Å²) in [5.74, 6) is 0.550. The molecule has 0 fully saturated rings. The number of hydrogen-bond acceptors (Lipinski definition) is 1. The summed E-state index contributed by atoms with van der Waals surface area (Å²) in [7, 11) is 0. The molecular formula is C16H17FO. The van der Waals surface area contributed by atoms with Crippen LogP contribution in [0.3, 0.4) is 0 Å². The molecule has 1 nitrogen and oxygen atoms in total. The van der Waals surface area contributed by atoms with Crippen LogP contribution in [0, 0.1) is 12.7 Å². The van der Waals surface area contributed by atoms with Crippen LogP contribution in [0.2, 0.25) is 0 Å². The average Bonchev–Trinajstić information content (AvgIpc) is 2.38. The monoisotopic (exact) mass is 244 g/mol. The van der Waals surface area contributed by atoms with Gasteiger partial charge in [0.05, 0.1) is 6.61 Å².